The summed E-state index contributed by atoms with van der Waals surface area (Å²) in [6.45, 7) is 1.64. The number of benzene rings is 2. The topological polar surface area (TPSA) is 62.3 Å². The number of halogens is 1. The number of likely N-dealkylation sites (tertiary alicyclic amines) is 1. The summed E-state index contributed by atoms with van der Waals surface area (Å²) >= 11 is 7.68. The minimum absolute atomic E-state index is 0.0509. The fourth-order valence-corrected chi connectivity index (χ4v) is 4.46. The summed E-state index contributed by atoms with van der Waals surface area (Å²) in [6, 6.07) is 14.6. The van der Waals surface area contributed by atoms with Crippen LogP contribution in [0.15, 0.2) is 53.9 Å². The van der Waals surface area contributed by atoms with E-state index in [4.69, 9.17) is 11.6 Å². The lowest BCUT2D eigenvalue weighted by Crippen LogP contribution is -2.27. The zero-order valence-corrected chi connectivity index (χ0v) is 17.3. The van der Waals surface area contributed by atoms with E-state index in [2.05, 4.69) is 10.3 Å². The average molecular weight is 426 g/mol. The molecule has 1 aromatic heterocycles. The lowest BCUT2D eigenvalue weighted by Gasteiger charge is -2.15. The van der Waals surface area contributed by atoms with Gasteiger partial charge < -0.3 is 10.2 Å². The number of hydrogen-bond donors (Lipinski definition) is 1. The number of aromatic nitrogens is 1. The van der Waals surface area contributed by atoms with Crippen LogP contribution in [-0.2, 0) is 11.2 Å². The van der Waals surface area contributed by atoms with Crippen LogP contribution < -0.4 is 5.32 Å². The molecule has 0 saturated carbocycles. The maximum Gasteiger partial charge on any atom is 0.253 e. The van der Waals surface area contributed by atoms with Crippen LogP contribution in [-0.4, -0.2) is 34.8 Å². The first-order valence-corrected chi connectivity index (χ1v) is 10.7. The summed E-state index contributed by atoms with van der Waals surface area (Å²) in [5.74, 6) is -0.102. The van der Waals surface area contributed by atoms with Gasteiger partial charge in [0.25, 0.3) is 5.91 Å². The van der Waals surface area contributed by atoms with Gasteiger partial charge in [-0.2, -0.15) is 0 Å². The van der Waals surface area contributed by atoms with E-state index >= 15 is 0 Å². The molecule has 2 heterocycles. The summed E-state index contributed by atoms with van der Waals surface area (Å²) in [5, 5.41) is 6.17. The zero-order valence-electron chi connectivity index (χ0n) is 15.7. The molecular weight excluding hydrogens is 406 g/mol. The molecule has 3 aromatic rings. The van der Waals surface area contributed by atoms with Crippen molar-refractivity contribution in [3.8, 4) is 10.6 Å². The Hall–Kier alpha value is -2.70. The normalized spacial score (nSPS) is 13.5. The Bertz CT molecular complexity index is 1030. The van der Waals surface area contributed by atoms with Gasteiger partial charge in [0.2, 0.25) is 5.91 Å². The van der Waals surface area contributed by atoms with Crippen molar-refractivity contribution in [3.05, 3.63) is 70.2 Å². The van der Waals surface area contributed by atoms with Gasteiger partial charge in [0.15, 0.2) is 0 Å². The van der Waals surface area contributed by atoms with Gasteiger partial charge in [0.1, 0.15) is 5.01 Å². The number of nitrogens with one attached hydrogen (secondary N) is 1. The molecule has 5 nitrogen and oxygen atoms in total. The number of carbonyl (C=O) groups is 2. The van der Waals surface area contributed by atoms with Crippen LogP contribution >= 0.6 is 22.9 Å². The molecule has 0 radical (unpaired) electrons. The van der Waals surface area contributed by atoms with E-state index in [0.29, 0.717) is 22.0 Å². The summed E-state index contributed by atoms with van der Waals surface area (Å²) in [5.41, 5.74) is 2.87. The van der Waals surface area contributed by atoms with Gasteiger partial charge in [-0.25, -0.2) is 4.98 Å². The van der Waals surface area contributed by atoms with E-state index in [1.54, 1.807) is 24.3 Å². The monoisotopic (exact) mass is 425 g/mol. The van der Waals surface area contributed by atoms with Crippen molar-refractivity contribution in [1.29, 1.82) is 0 Å². The lowest BCUT2D eigenvalue weighted by atomic mass is 10.2. The van der Waals surface area contributed by atoms with Crippen molar-refractivity contribution in [1.82, 2.24) is 9.88 Å². The van der Waals surface area contributed by atoms with Crippen molar-refractivity contribution in [2.75, 3.05) is 18.4 Å². The minimum Gasteiger partial charge on any atom is -0.339 e. The van der Waals surface area contributed by atoms with E-state index in [-0.39, 0.29) is 18.2 Å². The van der Waals surface area contributed by atoms with Gasteiger partial charge in [0.05, 0.1) is 17.1 Å². The number of thiazole rings is 1. The first-order valence-electron chi connectivity index (χ1n) is 9.48. The van der Waals surface area contributed by atoms with E-state index in [1.807, 2.05) is 34.5 Å². The van der Waals surface area contributed by atoms with Gasteiger partial charge in [-0.1, -0.05) is 29.8 Å². The molecule has 2 amide bonds. The third kappa shape index (κ3) is 4.66. The molecule has 0 bridgehead atoms. The maximum atomic E-state index is 12.4. The van der Waals surface area contributed by atoms with Crippen LogP contribution in [0.3, 0.4) is 0 Å². The van der Waals surface area contributed by atoms with Crippen LogP contribution in [0, 0.1) is 0 Å². The highest BCUT2D eigenvalue weighted by Crippen LogP contribution is 2.30. The predicted octanol–water partition coefficient (Wildman–Crippen LogP) is 4.88. The molecule has 0 atom stereocenters. The van der Waals surface area contributed by atoms with Crippen molar-refractivity contribution >= 4 is 40.4 Å². The van der Waals surface area contributed by atoms with Crippen LogP contribution in [0.25, 0.3) is 10.6 Å². The van der Waals surface area contributed by atoms with E-state index < -0.39 is 0 Å². The fraction of sp³-hybridized carbons (Fsp3) is 0.227. The van der Waals surface area contributed by atoms with Crippen LogP contribution in [0.4, 0.5) is 5.69 Å². The second kappa shape index (κ2) is 8.76. The average Bonchev–Trinajstić information content (AvgIpc) is 3.41. The van der Waals surface area contributed by atoms with Crippen molar-refractivity contribution in [2.24, 2.45) is 0 Å². The number of rotatable bonds is 5. The highest BCUT2D eigenvalue weighted by Gasteiger charge is 2.19. The molecule has 0 spiro atoms. The maximum absolute atomic E-state index is 12.4. The molecule has 0 unspecified atom stereocenters. The molecule has 4 rings (SSSR count). The Kier molecular flexibility index (Phi) is 5.92. The fourth-order valence-electron chi connectivity index (χ4n) is 3.32. The lowest BCUT2D eigenvalue weighted by molar-refractivity contribution is -0.115. The van der Waals surface area contributed by atoms with Gasteiger partial charge in [-0.05, 0) is 43.2 Å². The van der Waals surface area contributed by atoms with Gasteiger partial charge in [-0.15, -0.1) is 11.3 Å². The smallest absolute Gasteiger partial charge is 0.253 e. The highest BCUT2D eigenvalue weighted by atomic mass is 35.5. The van der Waals surface area contributed by atoms with E-state index in [9.17, 15) is 9.59 Å². The number of nitrogens with zero attached hydrogens (tertiary/aromatic N) is 2. The largest absolute Gasteiger partial charge is 0.339 e. The van der Waals surface area contributed by atoms with Gasteiger partial charge >= 0.3 is 0 Å². The van der Waals surface area contributed by atoms with Crippen LogP contribution in [0.1, 0.15) is 28.9 Å². The molecule has 29 heavy (non-hydrogen) atoms. The molecule has 1 aliphatic heterocycles. The molecule has 148 valence electrons. The molecular formula is C22H20ClN3O2S. The van der Waals surface area contributed by atoms with Crippen molar-refractivity contribution in [3.63, 3.8) is 0 Å². The number of carbonyl (C=O) groups excluding carboxylic acids is 2. The summed E-state index contributed by atoms with van der Waals surface area (Å²) in [4.78, 5) is 31.2. The molecule has 1 saturated heterocycles. The molecule has 1 aliphatic rings. The SMILES string of the molecule is O=C(Cc1csc(-c2ccccc2Cl)n1)Nc1ccc(C(=O)N2CCCC2)cc1. The molecule has 0 aliphatic carbocycles. The Morgan fingerprint density at radius 2 is 1.79 bits per heavy atom. The minimum atomic E-state index is -0.153. The van der Waals surface area contributed by atoms with Crippen molar-refractivity contribution < 1.29 is 9.59 Å². The first kappa shape index (κ1) is 19.6. The number of hydrogen-bond acceptors (Lipinski definition) is 4. The van der Waals surface area contributed by atoms with Crippen LogP contribution in [0.5, 0.6) is 0 Å². The van der Waals surface area contributed by atoms with Gasteiger partial charge in [-0.3, -0.25) is 9.59 Å². The highest BCUT2D eigenvalue weighted by molar-refractivity contribution is 7.13. The quantitative estimate of drug-likeness (QED) is 0.633. The van der Waals surface area contributed by atoms with Crippen molar-refractivity contribution in [2.45, 2.75) is 19.3 Å². The Morgan fingerprint density at radius 1 is 1.07 bits per heavy atom. The Morgan fingerprint density at radius 3 is 2.52 bits per heavy atom. The molecule has 7 heteroatoms. The number of anilines is 1. The van der Waals surface area contributed by atoms with Gasteiger partial charge in [0, 0.05) is 35.3 Å². The number of amides is 2. The first-order chi connectivity index (χ1) is 14.1. The molecule has 1 N–H and O–H groups in total. The summed E-state index contributed by atoms with van der Waals surface area (Å²) < 4.78 is 0. The van der Waals surface area contributed by atoms with E-state index in [0.717, 1.165) is 36.5 Å². The molecule has 2 aromatic carbocycles. The molecule has 1 fully saturated rings. The second-order valence-corrected chi connectivity index (χ2v) is 8.19. The Labute approximate surface area is 178 Å². The summed E-state index contributed by atoms with van der Waals surface area (Å²) in [6.07, 6.45) is 2.30. The summed E-state index contributed by atoms with van der Waals surface area (Å²) in [7, 11) is 0. The standard InChI is InChI=1S/C22H20ClN3O2S/c23-19-6-2-1-5-18(19)21-25-17(14-29-21)13-20(27)24-16-9-7-15(8-10-16)22(28)26-11-3-4-12-26/h1-2,5-10,14H,3-4,11-13H2,(H,24,27). The zero-order chi connectivity index (χ0) is 20.2. The predicted molar refractivity (Wildman–Crippen MR) is 116 cm³/mol. The Balaban J connectivity index is 1.36. The second-order valence-electron chi connectivity index (χ2n) is 6.93. The van der Waals surface area contributed by atoms with Crippen LogP contribution in [0.2, 0.25) is 5.02 Å². The third-order valence-corrected chi connectivity index (χ3v) is 6.06. The van der Waals surface area contributed by atoms with E-state index in [1.165, 1.54) is 11.3 Å². The third-order valence-electron chi connectivity index (χ3n) is 4.81.